The van der Waals surface area contributed by atoms with E-state index >= 15 is 0 Å². The molecule has 0 unspecified atom stereocenters. The third-order valence-electron chi connectivity index (χ3n) is 3.60. The van der Waals surface area contributed by atoms with Gasteiger partial charge < -0.3 is 4.18 Å². The molecule has 2 amide bonds. The number of alkyl halides is 3. The van der Waals surface area contributed by atoms with Gasteiger partial charge in [-0.2, -0.15) is 13.2 Å². The number of rotatable bonds is 5. The van der Waals surface area contributed by atoms with E-state index in [1.807, 2.05) is 13.8 Å². The first-order chi connectivity index (χ1) is 12.0. The van der Waals surface area contributed by atoms with E-state index in [1.165, 1.54) is 0 Å². The molecule has 10 heteroatoms. The molecule has 0 aromatic heterocycles. The molecule has 1 aromatic carbocycles. The Morgan fingerprint density at radius 3 is 2.35 bits per heavy atom. The molecule has 0 radical (unpaired) electrons. The van der Waals surface area contributed by atoms with Crippen LogP contribution in [0.2, 0.25) is 5.02 Å². The van der Waals surface area contributed by atoms with E-state index in [-0.39, 0.29) is 10.8 Å². The van der Waals surface area contributed by atoms with E-state index in [0.29, 0.717) is 16.6 Å². The van der Waals surface area contributed by atoms with Crippen LogP contribution in [-0.2, 0) is 9.59 Å². The Morgan fingerprint density at radius 2 is 1.85 bits per heavy atom. The molecule has 1 aliphatic heterocycles. The van der Waals surface area contributed by atoms with Gasteiger partial charge >= 0.3 is 6.18 Å². The summed E-state index contributed by atoms with van der Waals surface area (Å²) in [5.74, 6) is -4.36. The summed E-state index contributed by atoms with van der Waals surface area (Å²) in [6.45, 7) is 3.91. The first kappa shape index (κ1) is 20.8. The van der Waals surface area contributed by atoms with E-state index in [0.717, 1.165) is 24.2 Å². The van der Waals surface area contributed by atoms with Crippen molar-refractivity contribution in [2.75, 3.05) is 10.7 Å². The molecule has 0 saturated carbocycles. The summed E-state index contributed by atoms with van der Waals surface area (Å²) in [5.41, 5.74) is -0.467. The number of benzene rings is 1. The lowest BCUT2D eigenvalue weighted by Gasteiger charge is -2.31. The van der Waals surface area contributed by atoms with Gasteiger partial charge in [-0.3, -0.25) is 9.59 Å². The summed E-state index contributed by atoms with van der Waals surface area (Å²) >= 11 is 6.95. The van der Waals surface area contributed by atoms with Crippen molar-refractivity contribution < 1.29 is 31.3 Å². The van der Waals surface area contributed by atoms with Gasteiger partial charge in [0.1, 0.15) is 5.82 Å². The number of hydrogen-bond acceptors (Lipinski definition) is 4. The fraction of sp³-hybridized carbons (Fsp3) is 0.500. The van der Waals surface area contributed by atoms with Crippen LogP contribution in [0.5, 0.6) is 5.75 Å². The number of carbonyl (C=O) groups excluding carboxylic acids is 2. The molecule has 144 valence electrons. The van der Waals surface area contributed by atoms with Crippen molar-refractivity contribution in [1.29, 1.82) is 0 Å². The molecule has 1 heterocycles. The molecule has 0 atom stereocenters. The van der Waals surface area contributed by atoms with Crippen LogP contribution >= 0.6 is 23.6 Å². The Kier molecular flexibility index (Phi) is 6.44. The number of anilines is 1. The smallest absolute Gasteiger partial charge is 0.392 e. The second-order valence-electron chi connectivity index (χ2n) is 6.27. The summed E-state index contributed by atoms with van der Waals surface area (Å²) in [6, 6.07) is 1.91. The minimum atomic E-state index is -4.67. The van der Waals surface area contributed by atoms with Crippen molar-refractivity contribution in [3.63, 3.8) is 0 Å². The van der Waals surface area contributed by atoms with Gasteiger partial charge in [0, 0.05) is 24.7 Å². The number of imide groups is 1. The molecule has 1 aliphatic rings. The van der Waals surface area contributed by atoms with E-state index in [1.54, 1.807) is 0 Å². The number of piperidine rings is 1. The summed E-state index contributed by atoms with van der Waals surface area (Å²) in [6.07, 6.45) is -6.51. The number of hydrogen-bond donors (Lipinski definition) is 0. The Hall–Kier alpha value is -1.48. The molecule has 0 bridgehead atoms. The van der Waals surface area contributed by atoms with Gasteiger partial charge in [-0.1, -0.05) is 25.4 Å². The van der Waals surface area contributed by atoms with Crippen LogP contribution in [0.1, 0.15) is 26.7 Å². The standard InChI is InChI=1S/C16H16ClF4NO3S/c1-8(2)7-26-25-13-6-12(11(18)5-10(13)17)22-14(23)3-9(4-15(22)24)16(19,20)21/h5-6,8-9H,3-4,7H2,1-2H3. The lowest BCUT2D eigenvalue weighted by Crippen LogP contribution is -2.47. The van der Waals surface area contributed by atoms with Gasteiger partial charge in [0.2, 0.25) is 11.8 Å². The summed E-state index contributed by atoms with van der Waals surface area (Å²) in [5, 5.41) is -0.0763. The maximum Gasteiger partial charge on any atom is 0.392 e. The third kappa shape index (κ3) is 4.82. The van der Waals surface area contributed by atoms with Crippen molar-refractivity contribution in [2.45, 2.75) is 32.9 Å². The van der Waals surface area contributed by atoms with Crippen LogP contribution in [0.4, 0.5) is 23.2 Å². The molecule has 2 rings (SSSR count). The average Bonchev–Trinajstić information content (AvgIpc) is 2.49. The van der Waals surface area contributed by atoms with Crippen molar-refractivity contribution in [3.8, 4) is 5.75 Å². The van der Waals surface area contributed by atoms with Crippen LogP contribution in [0.25, 0.3) is 0 Å². The monoisotopic (exact) mass is 413 g/mol. The van der Waals surface area contributed by atoms with E-state index in [4.69, 9.17) is 15.8 Å². The van der Waals surface area contributed by atoms with Crippen molar-refractivity contribution in [1.82, 2.24) is 0 Å². The number of carbonyl (C=O) groups is 2. The zero-order valence-corrected chi connectivity index (χ0v) is 15.5. The van der Waals surface area contributed by atoms with Gasteiger partial charge in [0.25, 0.3) is 0 Å². The zero-order valence-electron chi connectivity index (χ0n) is 13.9. The molecule has 1 saturated heterocycles. The summed E-state index contributed by atoms with van der Waals surface area (Å²) in [7, 11) is 0. The number of amides is 2. The molecule has 1 aromatic rings. The third-order valence-corrected chi connectivity index (χ3v) is 4.99. The Balaban J connectivity index is 2.27. The minimum absolute atomic E-state index is 0.0206. The summed E-state index contributed by atoms with van der Waals surface area (Å²) in [4.78, 5) is 24.6. The average molecular weight is 414 g/mol. The molecular formula is C16H16ClF4NO3S. The molecular weight excluding hydrogens is 398 g/mol. The molecule has 0 spiro atoms. The number of nitrogens with zero attached hydrogens (tertiary/aromatic N) is 1. The maximum absolute atomic E-state index is 14.2. The lowest BCUT2D eigenvalue weighted by atomic mass is 9.94. The Labute approximate surface area is 157 Å². The predicted octanol–water partition coefficient (Wildman–Crippen LogP) is 4.99. The highest BCUT2D eigenvalue weighted by molar-refractivity contribution is 7.95. The highest BCUT2D eigenvalue weighted by atomic mass is 35.5. The Morgan fingerprint density at radius 1 is 1.27 bits per heavy atom. The maximum atomic E-state index is 14.2. The van der Waals surface area contributed by atoms with Gasteiger partial charge in [0.05, 0.1) is 28.7 Å². The highest BCUT2D eigenvalue weighted by Gasteiger charge is 2.48. The minimum Gasteiger partial charge on any atom is -0.424 e. The van der Waals surface area contributed by atoms with E-state index in [2.05, 4.69) is 0 Å². The quantitative estimate of drug-likeness (QED) is 0.387. The number of halogens is 5. The molecule has 4 nitrogen and oxygen atoms in total. The second kappa shape index (κ2) is 8.04. The summed E-state index contributed by atoms with van der Waals surface area (Å²) < 4.78 is 57.9. The predicted molar refractivity (Wildman–Crippen MR) is 90.6 cm³/mol. The van der Waals surface area contributed by atoms with Gasteiger partial charge in [-0.15, -0.1) is 0 Å². The zero-order chi connectivity index (χ0) is 19.6. The van der Waals surface area contributed by atoms with Crippen LogP contribution < -0.4 is 9.08 Å². The van der Waals surface area contributed by atoms with Gasteiger partial charge in [-0.05, 0) is 12.0 Å². The Bertz CT molecular complexity index is 693. The first-order valence-corrected chi connectivity index (χ1v) is 9.00. The van der Waals surface area contributed by atoms with Crippen LogP contribution in [0.3, 0.4) is 0 Å². The highest BCUT2D eigenvalue weighted by Crippen LogP contribution is 2.40. The van der Waals surface area contributed by atoms with Gasteiger partial charge in [0.15, 0.2) is 5.75 Å². The van der Waals surface area contributed by atoms with Crippen molar-refractivity contribution >= 4 is 41.1 Å². The van der Waals surface area contributed by atoms with Crippen molar-refractivity contribution in [2.24, 2.45) is 11.8 Å². The van der Waals surface area contributed by atoms with Crippen LogP contribution in [0.15, 0.2) is 12.1 Å². The lowest BCUT2D eigenvalue weighted by molar-refractivity contribution is -0.185. The second-order valence-corrected chi connectivity index (χ2v) is 7.41. The van der Waals surface area contributed by atoms with Crippen molar-refractivity contribution in [3.05, 3.63) is 23.0 Å². The van der Waals surface area contributed by atoms with E-state index in [9.17, 15) is 27.2 Å². The van der Waals surface area contributed by atoms with Crippen LogP contribution in [0, 0.1) is 17.7 Å². The fourth-order valence-electron chi connectivity index (χ4n) is 2.30. The molecule has 0 aliphatic carbocycles. The molecule has 1 fully saturated rings. The largest absolute Gasteiger partial charge is 0.424 e. The molecule has 26 heavy (non-hydrogen) atoms. The van der Waals surface area contributed by atoms with Gasteiger partial charge in [-0.25, -0.2) is 9.29 Å². The fourth-order valence-corrected chi connectivity index (χ4v) is 3.14. The molecule has 0 N–H and O–H groups in total. The van der Waals surface area contributed by atoms with Crippen LogP contribution in [-0.4, -0.2) is 23.7 Å². The van der Waals surface area contributed by atoms with E-state index < -0.39 is 48.3 Å². The first-order valence-electron chi connectivity index (χ1n) is 7.71. The SMILES string of the molecule is CC(C)CSOc1cc(N2C(=O)CC(C(F)(F)F)CC2=O)c(F)cc1Cl. The normalized spacial score (nSPS) is 16.5. The topological polar surface area (TPSA) is 46.6 Å².